The number of amidine groups is 1. The van der Waals surface area contributed by atoms with Crippen LogP contribution in [0.2, 0.25) is 0 Å². The van der Waals surface area contributed by atoms with Crippen molar-refractivity contribution in [1.29, 1.82) is 0 Å². The summed E-state index contributed by atoms with van der Waals surface area (Å²) < 4.78 is 38.4. The molecule has 0 aromatic carbocycles. The van der Waals surface area contributed by atoms with Crippen molar-refractivity contribution < 1.29 is 13.2 Å². The summed E-state index contributed by atoms with van der Waals surface area (Å²) in [5.41, 5.74) is 0.548. The Morgan fingerprint density at radius 1 is 1.35 bits per heavy atom. The number of alkyl halides is 3. The number of aliphatic imine (C=N–C) groups is 1. The highest BCUT2D eigenvalue weighted by atomic mass is 79.9. The third-order valence-electron chi connectivity index (χ3n) is 2.44. The third kappa shape index (κ3) is 2.59. The number of aromatic nitrogens is 1. The number of hydrogen-bond acceptors (Lipinski definition) is 3. The predicted molar refractivity (Wildman–Crippen MR) is 60.9 cm³/mol. The molecule has 2 rings (SSSR count). The number of nitrogens with one attached hydrogen (secondary N) is 1. The average Bonchev–Trinajstić information content (AvgIpc) is 2.61. The van der Waals surface area contributed by atoms with Crippen molar-refractivity contribution in [1.82, 2.24) is 10.3 Å². The summed E-state index contributed by atoms with van der Waals surface area (Å²) in [5.74, 6) is 0.236. The highest BCUT2D eigenvalue weighted by Crippen LogP contribution is 2.28. The lowest BCUT2D eigenvalue weighted by Gasteiger charge is -2.16. The Labute approximate surface area is 104 Å². The minimum absolute atomic E-state index is 0.236. The molecule has 1 aromatic heterocycles. The van der Waals surface area contributed by atoms with E-state index in [1.165, 1.54) is 13.1 Å². The van der Waals surface area contributed by atoms with E-state index in [1.807, 2.05) is 0 Å². The summed E-state index contributed by atoms with van der Waals surface area (Å²) in [6, 6.07) is 0.870. The number of halogens is 4. The SMILES string of the molecule is CC1NC(c2ccc(Br)nc2)=NC1C(F)(F)F. The van der Waals surface area contributed by atoms with Crippen LogP contribution in [0.15, 0.2) is 27.9 Å². The topological polar surface area (TPSA) is 37.3 Å². The molecule has 0 radical (unpaired) electrons. The Morgan fingerprint density at radius 3 is 2.53 bits per heavy atom. The molecule has 0 spiro atoms. The van der Waals surface area contributed by atoms with E-state index < -0.39 is 18.3 Å². The van der Waals surface area contributed by atoms with Crippen LogP contribution in [0.4, 0.5) is 13.2 Å². The molecule has 0 saturated heterocycles. The van der Waals surface area contributed by atoms with Crippen LogP contribution in [-0.2, 0) is 0 Å². The van der Waals surface area contributed by atoms with Gasteiger partial charge in [0.1, 0.15) is 10.4 Å². The molecule has 7 heteroatoms. The van der Waals surface area contributed by atoms with Crippen LogP contribution in [0.1, 0.15) is 12.5 Å². The van der Waals surface area contributed by atoms with Gasteiger partial charge in [0.15, 0.2) is 6.04 Å². The monoisotopic (exact) mass is 307 g/mol. The maximum absolute atomic E-state index is 12.6. The van der Waals surface area contributed by atoms with E-state index in [0.29, 0.717) is 10.2 Å². The molecule has 1 N–H and O–H groups in total. The van der Waals surface area contributed by atoms with Crippen LogP contribution >= 0.6 is 15.9 Å². The van der Waals surface area contributed by atoms with Crippen LogP contribution in [0.25, 0.3) is 0 Å². The second-order valence-electron chi connectivity index (χ2n) is 3.77. The molecule has 92 valence electrons. The smallest absolute Gasteiger partial charge is 0.365 e. The molecule has 0 amide bonds. The van der Waals surface area contributed by atoms with Gasteiger partial charge < -0.3 is 5.32 Å². The van der Waals surface area contributed by atoms with Gasteiger partial charge in [-0.25, -0.2) is 4.98 Å². The number of pyridine rings is 1. The van der Waals surface area contributed by atoms with Gasteiger partial charge in [0.2, 0.25) is 0 Å². The summed E-state index contributed by atoms with van der Waals surface area (Å²) >= 11 is 3.16. The molecule has 0 aliphatic carbocycles. The number of nitrogens with zero attached hydrogens (tertiary/aromatic N) is 2. The van der Waals surface area contributed by atoms with Gasteiger partial charge in [-0.05, 0) is 35.0 Å². The summed E-state index contributed by atoms with van der Waals surface area (Å²) in [4.78, 5) is 7.62. The minimum Gasteiger partial charge on any atom is -0.365 e. The first-order chi connectivity index (χ1) is 7.88. The molecule has 2 unspecified atom stereocenters. The first-order valence-corrected chi connectivity index (χ1v) is 5.70. The fourth-order valence-corrected chi connectivity index (χ4v) is 1.85. The molecule has 1 aliphatic heterocycles. The van der Waals surface area contributed by atoms with Crippen LogP contribution in [0.5, 0.6) is 0 Å². The highest BCUT2D eigenvalue weighted by molar-refractivity contribution is 9.10. The number of rotatable bonds is 1. The molecule has 1 aliphatic rings. The summed E-state index contributed by atoms with van der Waals surface area (Å²) in [5, 5.41) is 2.72. The maximum atomic E-state index is 12.6. The molecular weight excluding hydrogens is 299 g/mol. The fraction of sp³-hybridized carbons (Fsp3) is 0.400. The third-order valence-corrected chi connectivity index (χ3v) is 2.91. The van der Waals surface area contributed by atoms with Gasteiger partial charge in [0, 0.05) is 11.8 Å². The van der Waals surface area contributed by atoms with E-state index in [4.69, 9.17) is 0 Å². The lowest BCUT2D eigenvalue weighted by atomic mass is 10.1. The second-order valence-corrected chi connectivity index (χ2v) is 4.58. The predicted octanol–water partition coefficient (Wildman–Crippen LogP) is 2.51. The Kier molecular flexibility index (Phi) is 3.11. The Hall–Kier alpha value is -1.11. The van der Waals surface area contributed by atoms with E-state index in [9.17, 15) is 13.2 Å². The van der Waals surface area contributed by atoms with Crippen molar-refractivity contribution >= 4 is 21.8 Å². The van der Waals surface area contributed by atoms with Crippen molar-refractivity contribution in [2.45, 2.75) is 25.2 Å². The van der Waals surface area contributed by atoms with Gasteiger partial charge in [-0.15, -0.1) is 0 Å². The minimum atomic E-state index is -4.32. The van der Waals surface area contributed by atoms with Crippen LogP contribution in [0, 0.1) is 0 Å². The molecular formula is C10H9BrF3N3. The molecule has 2 heterocycles. The fourth-order valence-electron chi connectivity index (χ4n) is 1.61. The quantitative estimate of drug-likeness (QED) is 0.810. The van der Waals surface area contributed by atoms with Crippen molar-refractivity contribution in [2.75, 3.05) is 0 Å². The Balaban J connectivity index is 2.27. The van der Waals surface area contributed by atoms with Gasteiger partial charge in [-0.2, -0.15) is 13.2 Å². The molecule has 0 saturated carbocycles. The maximum Gasteiger partial charge on any atom is 0.412 e. The molecule has 3 nitrogen and oxygen atoms in total. The summed E-state index contributed by atoms with van der Waals surface area (Å²) in [7, 11) is 0. The zero-order chi connectivity index (χ0) is 12.6. The van der Waals surface area contributed by atoms with E-state index >= 15 is 0 Å². The zero-order valence-corrected chi connectivity index (χ0v) is 10.4. The average molecular weight is 308 g/mol. The summed E-state index contributed by atoms with van der Waals surface area (Å²) in [6.45, 7) is 1.46. The van der Waals surface area contributed by atoms with Crippen LogP contribution < -0.4 is 5.32 Å². The first-order valence-electron chi connectivity index (χ1n) is 4.91. The molecule has 0 bridgehead atoms. The van der Waals surface area contributed by atoms with Gasteiger partial charge in [-0.1, -0.05) is 0 Å². The van der Waals surface area contributed by atoms with Gasteiger partial charge in [0.25, 0.3) is 0 Å². The van der Waals surface area contributed by atoms with Crippen molar-refractivity contribution in [3.8, 4) is 0 Å². The lowest BCUT2D eigenvalue weighted by molar-refractivity contribution is -0.149. The second kappa shape index (κ2) is 4.29. The summed E-state index contributed by atoms with van der Waals surface area (Å²) in [6.07, 6.45) is -2.85. The van der Waals surface area contributed by atoms with Crippen LogP contribution in [-0.4, -0.2) is 29.1 Å². The van der Waals surface area contributed by atoms with Gasteiger partial charge in [-0.3, -0.25) is 4.99 Å². The molecule has 1 aromatic rings. The highest BCUT2D eigenvalue weighted by Gasteiger charge is 2.46. The lowest BCUT2D eigenvalue weighted by Crippen LogP contribution is -2.40. The Morgan fingerprint density at radius 2 is 2.06 bits per heavy atom. The van der Waals surface area contributed by atoms with Crippen LogP contribution in [0.3, 0.4) is 0 Å². The normalized spacial score (nSPS) is 24.4. The van der Waals surface area contributed by atoms with E-state index in [-0.39, 0.29) is 5.84 Å². The van der Waals surface area contributed by atoms with E-state index in [1.54, 1.807) is 12.1 Å². The van der Waals surface area contributed by atoms with E-state index in [2.05, 4.69) is 31.2 Å². The van der Waals surface area contributed by atoms with Gasteiger partial charge in [0.05, 0.1) is 6.04 Å². The van der Waals surface area contributed by atoms with E-state index in [0.717, 1.165) is 0 Å². The Bertz CT molecular complexity index is 441. The van der Waals surface area contributed by atoms with Crippen molar-refractivity contribution in [2.24, 2.45) is 4.99 Å². The zero-order valence-electron chi connectivity index (χ0n) is 8.79. The van der Waals surface area contributed by atoms with Crippen molar-refractivity contribution in [3.05, 3.63) is 28.5 Å². The molecule has 0 fully saturated rings. The van der Waals surface area contributed by atoms with Crippen molar-refractivity contribution in [3.63, 3.8) is 0 Å². The first kappa shape index (κ1) is 12.3. The standard InChI is InChI=1S/C10H9BrF3N3/c1-5-8(10(12,13)14)17-9(16-5)6-2-3-7(11)15-4-6/h2-5,8H,1H3,(H,16,17). The van der Waals surface area contributed by atoms with Gasteiger partial charge >= 0.3 is 6.18 Å². The number of hydrogen-bond donors (Lipinski definition) is 1. The molecule has 2 atom stereocenters. The largest absolute Gasteiger partial charge is 0.412 e. The molecule has 17 heavy (non-hydrogen) atoms.